The fourth-order valence-electron chi connectivity index (χ4n) is 7.92. The van der Waals surface area contributed by atoms with Gasteiger partial charge in [-0.3, -0.25) is 9.59 Å². The smallest absolute Gasteiger partial charge is 0.306 e. The quantitative estimate of drug-likeness (QED) is 0.0195. The Morgan fingerprint density at radius 3 is 1.22 bits per heavy atom. The predicted molar refractivity (Wildman–Crippen MR) is 270 cm³/mol. The van der Waals surface area contributed by atoms with Gasteiger partial charge in [0.05, 0.1) is 40.3 Å². The molecule has 0 aromatic heterocycles. The molecule has 382 valence electrons. The van der Waals surface area contributed by atoms with E-state index in [0.717, 1.165) is 44.9 Å². The van der Waals surface area contributed by atoms with Crippen molar-refractivity contribution in [1.29, 1.82) is 0 Å². The minimum absolute atomic E-state index is 0.151. The number of quaternary nitrogens is 1. The van der Waals surface area contributed by atoms with Crippen molar-refractivity contribution in [2.45, 2.75) is 270 Å². The number of carbonyl (C=O) groups is 3. The first-order chi connectivity index (χ1) is 31.6. The summed E-state index contributed by atoms with van der Waals surface area (Å²) in [5.41, 5.74) is 0. The van der Waals surface area contributed by atoms with E-state index >= 15 is 0 Å². The number of ether oxygens (including phenoxy) is 4. The van der Waals surface area contributed by atoms with Gasteiger partial charge in [0.1, 0.15) is 13.2 Å². The fourth-order valence-corrected chi connectivity index (χ4v) is 7.92. The van der Waals surface area contributed by atoms with Crippen molar-refractivity contribution in [1.82, 2.24) is 0 Å². The molecule has 0 heterocycles. The number of aliphatic carboxylic acids is 1. The van der Waals surface area contributed by atoms with Crippen LogP contribution >= 0.6 is 0 Å². The van der Waals surface area contributed by atoms with Crippen LogP contribution in [0.2, 0.25) is 0 Å². The second-order valence-corrected chi connectivity index (χ2v) is 19.9. The summed E-state index contributed by atoms with van der Waals surface area (Å²) >= 11 is 0. The summed E-state index contributed by atoms with van der Waals surface area (Å²) in [7, 11) is 5.92. The van der Waals surface area contributed by atoms with Gasteiger partial charge < -0.3 is 33.3 Å². The average Bonchev–Trinajstić information content (AvgIpc) is 3.27. The van der Waals surface area contributed by atoms with Gasteiger partial charge in [-0.25, -0.2) is 0 Å². The Labute approximate surface area is 401 Å². The topological polar surface area (TPSA) is 111 Å². The number of nitrogens with zero attached hydrogens (tertiary/aromatic N) is 1. The number of rotatable bonds is 51. The Morgan fingerprint density at radius 2 is 0.831 bits per heavy atom. The lowest BCUT2D eigenvalue weighted by Gasteiger charge is -2.26. The molecule has 0 N–H and O–H groups in total. The highest BCUT2D eigenvalue weighted by molar-refractivity contribution is 5.70. The maximum atomic E-state index is 12.8. The molecule has 0 spiro atoms. The van der Waals surface area contributed by atoms with Crippen LogP contribution in [0.5, 0.6) is 0 Å². The van der Waals surface area contributed by atoms with Crippen molar-refractivity contribution in [2.24, 2.45) is 0 Å². The second-order valence-electron chi connectivity index (χ2n) is 19.9. The minimum atomic E-state index is -1.62. The van der Waals surface area contributed by atoms with Crippen LogP contribution in [0.25, 0.3) is 0 Å². The molecule has 0 saturated carbocycles. The van der Waals surface area contributed by atoms with Gasteiger partial charge in [-0.15, -0.1) is 0 Å². The molecule has 0 bridgehead atoms. The van der Waals surface area contributed by atoms with E-state index in [2.05, 4.69) is 38.2 Å². The Balaban J connectivity index is 4.10. The number of likely N-dealkylation sites (N-methyl/N-ethyl adjacent to an activating group) is 1. The SMILES string of the molecule is CCCCCCC/C=C\C/C=C\CCCCCCCCCCCCCCCCCCCC(=O)OC(COC(=O)CCCCCCCCCCCCC)COC(OCC[N+](C)(C)C)C(=O)[O-]. The van der Waals surface area contributed by atoms with Crippen LogP contribution in [0.4, 0.5) is 0 Å². The number of hydrogen-bond acceptors (Lipinski definition) is 8. The number of carboxylic acids is 1. The largest absolute Gasteiger partial charge is 0.545 e. The molecule has 0 aliphatic carbocycles. The van der Waals surface area contributed by atoms with Gasteiger partial charge in [-0.2, -0.15) is 0 Å². The highest BCUT2D eigenvalue weighted by atomic mass is 16.7. The number of carbonyl (C=O) groups excluding carboxylic acids is 3. The zero-order valence-electron chi connectivity index (χ0n) is 43.4. The number of unbranched alkanes of at least 4 members (excludes halogenated alkanes) is 32. The Bertz CT molecular complexity index is 1120. The molecule has 9 nitrogen and oxygen atoms in total. The van der Waals surface area contributed by atoms with Gasteiger partial charge in [-0.05, 0) is 44.9 Å². The van der Waals surface area contributed by atoms with Crippen LogP contribution in [0, 0.1) is 0 Å². The monoisotopic (exact) mass is 920 g/mol. The Kier molecular flexibility index (Phi) is 46.6. The number of carboxylic acid groups (broad SMARTS) is 1. The summed E-state index contributed by atoms with van der Waals surface area (Å²) in [5.74, 6) is -2.27. The van der Waals surface area contributed by atoms with Crippen LogP contribution in [-0.4, -0.2) is 82.3 Å². The van der Waals surface area contributed by atoms with Crippen molar-refractivity contribution in [3.63, 3.8) is 0 Å². The van der Waals surface area contributed by atoms with E-state index in [9.17, 15) is 19.5 Å². The summed E-state index contributed by atoms with van der Waals surface area (Å²) in [6.07, 6.45) is 52.3. The third-order valence-corrected chi connectivity index (χ3v) is 12.2. The standard InChI is InChI=1S/C56H105NO8/c1-6-8-10-12-14-16-18-19-20-21-22-23-24-25-26-27-28-29-30-31-32-33-34-35-37-39-41-43-45-47-54(59)65-52(51-64-56(55(60)61)62-49-48-57(3,4)5)50-63-53(58)46-44-42-40-38-36-17-15-13-11-9-7-2/h18-19,21-22,52,56H,6-17,20,23-51H2,1-5H3/b19-18-,22-21-. The molecule has 0 fully saturated rings. The lowest BCUT2D eigenvalue weighted by atomic mass is 10.0. The predicted octanol–water partition coefficient (Wildman–Crippen LogP) is 14.2. The van der Waals surface area contributed by atoms with Crippen molar-refractivity contribution in [3.05, 3.63) is 24.3 Å². The highest BCUT2D eigenvalue weighted by Crippen LogP contribution is 2.16. The van der Waals surface area contributed by atoms with Crippen LogP contribution in [0.3, 0.4) is 0 Å². The molecule has 0 aliphatic heterocycles. The van der Waals surface area contributed by atoms with E-state index in [1.165, 1.54) is 186 Å². The fraction of sp³-hybridized carbons (Fsp3) is 0.875. The first kappa shape index (κ1) is 62.8. The second kappa shape index (κ2) is 48.2. The van der Waals surface area contributed by atoms with Gasteiger partial charge >= 0.3 is 11.9 Å². The van der Waals surface area contributed by atoms with Crippen molar-refractivity contribution >= 4 is 17.9 Å². The third kappa shape index (κ3) is 49.5. The van der Waals surface area contributed by atoms with Crippen LogP contribution in [0.1, 0.15) is 258 Å². The van der Waals surface area contributed by atoms with Gasteiger partial charge in [0.25, 0.3) is 0 Å². The molecular weight excluding hydrogens is 815 g/mol. The molecule has 2 unspecified atom stereocenters. The molecule has 0 aromatic carbocycles. The van der Waals surface area contributed by atoms with Gasteiger partial charge in [-0.1, -0.05) is 224 Å². The highest BCUT2D eigenvalue weighted by Gasteiger charge is 2.22. The number of allylic oxidation sites excluding steroid dienone is 4. The van der Waals surface area contributed by atoms with E-state index in [0.29, 0.717) is 17.4 Å². The van der Waals surface area contributed by atoms with Crippen molar-refractivity contribution in [3.8, 4) is 0 Å². The lowest BCUT2D eigenvalue weighted by molar-refractivity contribution is -0.870. The molecule has 0 aromatic rings. The molecule has 0 amide bonds. The summed E-state index contributed by atoms with van der Waals surface area (Å²) in [4.78, 5) is 37.1. The number of esters is 2. The van der Waals surface area contributed by atoms with Crippen LogP contribution in [-0.2, 0) is 33.3 Å². The van der Waals surface area contributed by atoms with E-state index < -0.39 is 24.3 Å². The average molecular weight is 920 g/mol. The zero-order chi connectivity index (χ0) is 47.7. The third-order valence-electron chi connectivity index (χ3n) is 12.2. The summed E-state index contributed by atoms with van der Waals surface area (Å²) in [5, 5.41) is 11.7. The van der Waals surface area contributed by atoms with E-state index in [1.54, 1.807) is 0 Å². The van der Waals surface area contributed by atoms with E-state index in [4.69, 9.17) is 18.9 Å². The minimum Gasteiger partial charge on any atom is -0.545 e. The van der Waals surface area contributed by atoms with Crippen LogP contribution in [0.15, 0.2) is 24.3 Å². The van der Waals surface area contributed by atoms with Crippen LogP contribution < -0.4 is 5.11 Å². The molecule has 0 aliphatic rings. The number of hydrogen-bond donors (Lipinski definition) is 0. The van der Waals surface area contributed by atoms with Gasteiger partial charge in [0.2, 0.25) is 0 Å². The lowest BCUT2D eigenvalue weighted by Crippen LogP contribution is -2.44. The Morgan fingerprint density at radius 1 is 0.462 bits per heavy atom. The van der Waals surface area contributed by atoms with E-state index in [1.807, 2.05) is 21.1 Å². The molecule has 0 saturated heterocycles. The molecule has 65 heavy (non-hydrogen) atoms. The summed E-state index contributed by atoms with van der Waals surface area (Å²) < 4.78 is 22.6. The van der Waals surface area contributed by atoms with Gasteiger partial charge in [0, 0.05) is 12.8 Å². The maximum Gasteiger partial charge on any atom is 0.306 e. The Hall–Kier alpha value is -2.23. The molecule has 0 rings (SSSR count). The van der Waals surface area contributed by atoms with Gasteiger partial charge in [0.15, 0.2) is 12.4 Å². The normalized spacial score (nSPS) is 12.9. The van der Waals surface area contributed by atoms with E-state index in [-0.39, 0.29) is 32.2 Å². The molecule has 0 radical (unpaired) electrons. The maximum absolute atomic E-state index is 12.8. The van der Waals surface area contributed by atoms with Crippen molar-refractivity contribution < 1.29 is 42.9 Å². The summed E-state index contributed by atoms with van der Waals surface area (Å²) in [6, 6.07) is 0. The zero-order valence-corrected chi connectivity index (χ0v) is 43.4. The van der Waals surface area contributed by atoms with Crippen molar-refractivity contribution in [2.75, 3.05) is 47.5 Å². The molecule has 2 atom stereocenters. The first-order valence-electron chi connectivity index (χ1n) is 27.5. The first-order valence-corrected chi connectivity index (χ1v) is 27.5. The molecular formula is C56H105NO8. The summed E-state index contributed by atoms with van der Waals surface area (Å²) in [6.45, 7) is 4.75. The molecule has 9 heteroatoms.